The van der Waals surface area contributed by atoms with Gasteiger partial charge in [-0.2, -0.15) is 0 Å². The van der Waals surface area contributed by atoms with Crippen LogP contribution in [0.15, 0.2) is 42.5 Å². The number of amides is 2. The highest BCUT2D eigenvalue weighted by molar-refractivity contribution is 7.92. The van der Waals surface area contributed by atoms with E-state index in [1.807, 2.05) is 45.0 Å². The molecule has 7 nitrogen and oxygen atoms in total. The van der Waals surface area contributed by atoms with E-state index in [-0.39, 0.29) is 29.2 Å². The van der Waals surface area contributed by atoms with Crippen molar-refractivity contribution in [3.63, 3.8) is 0 Å². The van der Waals surface area contributed by atoms with Gasteiger partial charge >= 0.3 is 0 Å². The van der Waals surface area contributed by atoms with E-state index >= 15 is 0 Å². The predicted octanol–water partition coefficient (Wildman–Crippen LogP) is 3.89. The SMILES string of the molecule is CCC(C(=O)NC(C)C)N(Cc1ccccc1C)C(=O)CN(c1ccc(F)c(Cl)c1)S(C)(=O)=O. The third-order valence-electron chi connectivity index (χ3n) is 5.29. The summed E-state index contributed by atoms with van der Waals surface area (Å²) < 4.78 is 39.6. The molecule has 2 aromatic carbocycles. The minimum atomic E-state index is -3.92. The topological polar surface area (TPSA) is 86.8 Å². The lowest BCUT2D eigenvalue weighted by Crippen LogP contribution is -2.53. The third kappa shape index (κ3) is 7.17. The second-order valence-electron chi connectivity index (χ2n) is 8.40. The fraction of sp³-hybridized carbons (Fsp3) is 0.417. The van der Waals surface area contributed by atoms with E-state index in [1.54, 1.807) is 6.92 Å². The molecule has 0 spiro atoms. The molecule has 0 aliphatic rings. The highest BCUT2D eigenvalue weighted by atomic mass is 35.5. The van der Waals surface area contributed by atoms with Crippen molar-refractivity contribution in [1.82, 2.24) is 10.2 Å². The summed E-state index contributed by atoms with van der Waals surface area (Å²) in [5, 5.41) is 2.57. The van der Waals surface area contributed by atoms with Crippen molar-refractivity contribution in [3.05, 3.63) is 64.4 Å². The number of carbonyl (C=O) groups is 2. The number of nitrogens with one attached hydrogen (secondary N) is 1. The molecular weight excluding hydrogens is 481 g/mol. The molecule has 2 rings (SSSR count). The average Bonchev–Trinajstić information content (AvgIpc) is 2.73. The van der Waals surface area contributed by atoms with Crippen LogP contribution >= 0.6 is 11.6 Å². The number of carbonyl (C=O) groups excluding carboxylic acids is 2. The molecule has 0 heterocycles. The van der Waals surface area contributed by atoms with E-state index in [9.17, 15) is 22.4 Å². The molecule has 0 aliphatic carbocycles. The number of anilines is 1. The summed E-state index contributed by atoms with van der Waals surface area (Å²) in [6, 6.07) is 9.95. The molecule has 0 radical (unpaired) electrons. The highest BCUT2D eigenvalue weighted by Gasteiger charge is 2.32. The summed E-state index contributed by atoms with van der Waals surface area (Å²) in [6.45, 7) is 6.88. The van der Waals surface area contributed by atoms with E-state index in [1.165, 1.54) is 11.0 Å². The molecule has 2 amide bonds. The Labute approximate surface area is 205 Å². The maximum absolute atomic E-state index is 13.7. The molecule has 2 aromatic rings. The lowest BCUT2D eigenvalue weighted by atomic mass is 10.1. The number of hydrogen-bond acceptors (Lipinski definition) is 4. The molecule has 10 heteroatoms. The first kappa shape index (κ1) is 27.6. The van der Waals surface area contributed by atoms with Gasteiger partial charge in [0.2, 0.25) is 21.8 Å². The number of sulfonamides is 1. The first-order valence-corrected chi connectivity index (χ1v) is 13.1. The summed E-state index contributed by atoms with van der Waals surface area (Å²) in [6.07, 6.45) is 1.28. The monoisotopic (exact) mass is 511 g/mol. The zero-order chi connectivity index (χ0) is 25.6. The minimum Gasteiger partial charge on any atom is -0.352 e. The van der Waals surface area contributed by atoms with E-state index in [0.717, 1.165) is 33.8 Å². The normalized spacial score (nSPS) is 12.4. The van der Waals surface area contributed by atoms with Crippen molar-refractivity contribution < 1.29 is 22.4 Å². The van der Waals surface area contributed by atoms with Crippen LogP contribution in [-0.2, 0) is 26.2 Å². The molecule has 1 N–H and O–H groups in total. The molecule has 34 heavy (non-hydrogen) atoms. The van der Waals surface area contributed by atoms with Gasteiger partial charge in [-0.05, 0) is 56.5 Å². The second kappa shape index (κ2) is 11.7. The number of benzene rings is 2. The summed E-state index contributed by atoms with van der Waals surface area (Å²) in [4.78, 5) is 27.9. The Bertz CT molecular complexity index is 1140. The second-order valence-corrected chi connectivity index (χ2v) is 10.7. The van der Waals surface area contributed by atoms with Crippen LogP contribution in [0.5, 0.6) is 0 Å². The molecule has 0 saturated carbocycles. The Hall–Kier alpha value is -2.65. The first-order chi connectivity index (χ1) is 15.8. The van der Waals surface area contributed by atoms with Crippen molar-refractivity contribution in [3.8, 4) is 0 Å². The van der Waals surface area contributed by atoms with E-state index in [0.29, 0.717) is 6.42 Å². The molecule has 0 saturated heterocycles. The fourth-order valence-electron chi connectivity index (χ4n) is 3.53. The quantitative estimate of drug-likeness (QED) is 0.524. The maximum Gasteiger partial charge on any atom is 0.244 e. The zero-order valence-corrected chi connectivity index (χ0v) is 21.6. The summed E-state index contributed by atoms with van der Waals surface area (Å²) >= 11 is 5.85. The Balaban J connectivity index is 2.48. The predicted molar refractivity (Wildman–Crippen MR) is 133 cm³/mol. The van der Waals surface area contributed by atoms with Gasteiger partial charge in [-0.25, -0.2) is 12.8 Å². The van der Waals surface area contributed by atoms with E-state index in [4.69, 9.17) is 11.6 Å². The van der Waals surface area contributed by atoms with Crippen molar-refractivity contribution in [2.45, 2.75) is 52.7 Å². The Kier molecular flexibility index (Phi) is 9.46. The maximum atomic E-state index is 13.7. The van der Waals surface area contributed by atoms with E-state index < -0.39 is 34.3 Å². The number of halogens is 2. The first-order valence-electron chi connectivity index (χ1n) is 10.9. The van der Waals surface area contributed by atoms with Gasteiger partial charge in [-0.15, -0.1) is 0 Å². The number of aryl methyl sites for hydroxylation is 1. The van der Waals surface area contributed by atoms with Gasteiger partial charge in [-0.1, -0.05) is 42.8 Å². The Morgan fingerprint density at radius 3 is 2.32 bits per heavy atom. The van der Waals surface area contributed by atoms with Crippen molar-refractivity contribution >= 4 is 39.1 Å². The van der Waals surface area contributed by atoms with Crippen LogP contribution in [0.3, 0.4) is 0 Å². The van der Waals surface area contributed by atoms with Gasteiger partial charge in [0.15, 0.2) is 0 Å². The molecule has 0 aromatic heterocycles. The van der Waals surface area contributed by atoms with Crippen LogP contribution in [0.25, 0.3) is 0 Å². The van der Waals surface area contributed by atoms with Crippen molar-refractivity contribution in [1.29, 1.82) is 0 Å². The lowest BCUT2D eigenvalue weighted by molar-refractivity contribution is -0.140. The molecule has 1 atom stereocenters. The van der Waals surface area contributed by atoms with Crippen LogP contribution in [-0.4, -0.2) is 50.0 Å². The van der Waals surface area contributed by atoms with Gasteiger partial charge in [0.25, 0.3) is 0 Å². The minimum absolute atomic E-state index is 0.0535. The van der Waals surface area contributed by atoms with Crippen LogP contribution in [0.2, 0.25) is 5.02 Å². The van der Waals surface area contributed by atoms with Crippen LogP contribution in [0.4, 0.5) is 10.1 Å². The number of hydrogen-bond donors (Lipinski definition) is 1. The third-order valence-corrected chi connectivity index (χ3v) is 6.72. The summed E-state index contributed by atoms with van der Waals surface area (Å²) in [7, 11) is -3.92. The van der Waals surface area contributed by atoms with Crippen LogP contribution in [0, 0.1) is 12.7 Å². The number of nitrogens with zero attached hydrogens (tertiary/aromatic N) is 2. The Morgan fingerprint density at radius 1 is 1.15 bits per heavy atom. The van der Waals surface area contributed by atoms with Gasteiger partial charge < -0.3 is 10.2 Å². The van der Waals surface area contributed by atoms with Gasteiger partial charge in [-0.3, -0.25) is 13.9 Å². The van der Waals surface area contributed by atoms with Crippen molar-refractivity contribution in [2.24, 2.45) is 0 Å². The summed E-state index contributed by atoms with van der Waals surface area (Å²) in [5.74, 6) is -1.60. The fourth-order valence-corrected chi connectivity index (χ4v) is 4.54. The molecule has 0 fully saturated rings. The molecular formula is C24H31ClFN3O4S. The Morgan fingerprint density at radius 2 is 1.79 bits per heavy atom. The highest BCUT2D eigenvalue weighted by Crippen LogP contribution is 2.25. The van der Waals surface area contributed by atoms with Gasteiger partial charge in [0.1, 0.15) is 18.4 Å². The molecule has 1 unspecified atom stereocenters. The molecule has 0 bridgehead atoms. The standard InChI is InChI=1S/C24H31ClFN3O4S/c1-6-22(24(31)27-16(2)3)28(14-18-10-8-7-9-17(18)4)23(30)15-29(34(5,32)33)19-11-12-21(26)20(25)13-19/h7-13,16,22H,6,14-15H2,1-5H3,(H,27,31). The van der Waals surface area contributed by atoms with Crippen LogP contribution in [0.1, 0.15) is 38.3 Å². The number of rotatable bonds is 10. The van der Waals surface area contributed by atoms with Gasteiger partial charge in [0.05, 0.1) is 17.0 Å². The average molecular weight is 512 g/mol. The van der Waals surface area contributed by atoms with Crippen molar-refractivity contribution in [2.75, 3.05) is 17.1 Å². The van der Waals surface area contributed by atoms with Crippen LogP contribution < -0.4 is 9.62 Å². The van der Waals surface area contributed by atoms with E-state index in [2.05, 4.69) is 5.32 Å². The largest absolute Gasteiger partial charge is 0.352 e. The molecule has 0 aliphatic heterocycles. The summed E-state index contributed by atoms with van der Waals surface area (Å²) in [5.41, 5.74) is 1.82. The zero-order valence-electron chi connectivity index (χ0n) is 20.0. The molecule has 186 valence electrons. The van der Waals surface area contributed by atoms with Gasteiger partial charge in [0, 0.05) is 12.6 Å². The lowest BCUT2D eigenvalue weighted by Gasteiger charge is -2.33. The smallest absolute Gasteiger partial charge is 0.244 e.